The molecule has 22 heavy (non-hydrogen) atoms. The Bertz CT molecular complexity index is 562. The number of amides is 3. The van der Waals surface area contributed by atoms with Crippen molar-refractivity contribution in [3.63, 3.8) is 0 Å². The Morgan fingerprint density at radius 2 is 1.73 bits per heavy atom. The van der Waals surface area contributed by atoms with Crippen molar-refractivity contribution in [1.82, 2.24) is 4.90 Å². The number of nitrogens with zero attached hydrogens (tertiary/aromatic N) is 1. The van der Waals surface area contributed by atoms with Crippen molar-refractivity contribution in [1.29, 1.82) is 0 Å². The van der Waals surface area contributed by atoms with Crippen LogP contribution < -0.4 is 10.6 Å². The Hall–Kier alpha value is -2.30. The predicted octanol–water partition coefficient (Wildman–Crippen LogP) is 3.47. The van der Waals surface area contributed by atoms with Crippen LogP contribution in [0.5, 0.6) is 0 Å². The van der Waals surface area contributed by atoms with Crippen molar-refractivity contribution in [2.75, 3.05) is 23.7 Å². The minimum absolute atomic E-state index is 0.0791. The minimum Gasteiger partial charge on any atom is -0.326 e. The van der Waals surface area contributed by atoms with Crippen LogP contribution in [0.4, 0.5) is 16.2 Å². The molecule has 3 amide bonds. The van der Waals surface area contributed by atoms with E-state index in [2.05, 4.69) is 17.2 Å². The molecule has 118 valence electrons. The van der Waals surface area contributed by atoms with Crippen LogP contribution in [0.15, 0.2) is 36.4 Å². The van der Waals surface area contributed by atoms with Crippen LogP contribution in [0.1, 0.15) is 26.7 Å². The van der Waals surface area contributed by atoms with Gasteiger partial charge in [-0.1, -0.05) is 12.2 Å². The molecule has 1 aliphatic rings. The highest BCUT2D eigenvalue weighted by Crippen LogP contribution is 2.30. The molecule has 1 saturated carbocycles. The third kappa shape index (κ3) is 4.62. The lowest BCUT2D eigenvalue weighted by Crippen LogP contribution is -2.35. The summed E-state index contributed by atoms with van der Waals surface area (Å²) in [5.41, 5.74) is 2.40. The van der Waals surface area contributed by atoms with Crippen molar-refractivity contribution in [2.24, 2.45) is 5.92 Å². The van der Waals surface area contributed by atoms with Crippen LogP contribution in [0.25, 0.3) is 0 Å². The average Bonchev–Trinajstić information content (AvgIpc) is 3.31. The lowest BCUT2D eigenvalue weighted by atomic mass is 10.2. The summed E-state index contributed by atoms with van der Waals surface area (Å²) in [6.45, 7) is 8.81. The summed E-state index contributed by atoms with van der Waals surface area (Å²) in [4.78, 5) is 25.5. The molecule has 2 N–H and O–H groups in total. The van der Waals surface area contributed by atoms with Crippen LogP contribution >= 0.6 is 0 Å². The van der Waals surface area contributed by atoms with E-state index in [0.29, 0.717) is 18.8 Å². The number of nitrogens with one attached hydrogen (secondary N) is 2. The van der Waals surface area contributed by atoms with Gasteiger partial charge in [0.25, 0.3) is 0 Å². The highest BCUT2D eigenvalue weighted by atomic mass is 16.2. The van der Waals surface area contributed by atoms with Crippen molar-refractivity contribution in [2.45, 2.75) is 26.7 Å². The molecule has 0 bridgehead atoms. The zero-order valence-electron chi connectivity index (χ0n) is 13.2. The fourth-order valence-electron chi connectivity index (χ4n) is 2.08. The van der Waals surface area contributed by atoms with Gasteiger partial charge in [-0.3, -0.25) is 4.79 Å². The van der Waals surface area contributed by atoms with Crippen LogP contribution in [0, 0.1) is 5.92 Å². The Morgan fingerprint density at radius 1 is 1.18 bits per heavy atom. The topological polar surface area (TPSA) is 61.4 Å². The molecule has 1 fully saturated rings. The molecule has 0 aromatic heterocycles. The van der Waals surface area contributed by atoms with Gasteiger partial charge in [-0.05, 0) is 51.0 Å². The van der Waals surface area contributed by atoms with E-state index in [9.17, 15) is 9.59 Å². The molecule has 5 nitrogen and oxygen atoms in total. The first-order valence-electron chi connectivity index (χ1n) is 7.61. The number of hydrogen-bond acceptors (Lipinski definition) is 2. The Kier molecular flexibility index (Phi) is 5.20. The molecule has 0 heterocycles. The first-order chi connectivity index (χ1) is 10.5. The van der Waals surface area contributed by atoms with Gasteiger partial charge in [-0.25, -0.2) is 4.79 Å². The smallest absolute Gasteiger partial charge is 0.322 e. The van der Waals surface area contributed by atoms with E-state index in [1.165, 1.54) is 0 Å². The van der Waals surface area contributed by atoms with E-state index < -0.39 is 0 Å². The van der Waals surface area contributed by atoms with Gasteiger partial charge in [0.05, 0.1) is 0 Å². The van der Waals surface area contributed by atoms with E-state index in [4.69, 9.17) is 0 Å². The maximum absolute atomic E-state index is 12.1. The maximum atomic E-state index is 12.1. The van der Waals surface area contributed by atoms with Crippen LogP contribution in [0.2, 0.25) is 0 Å². The lowest BCUT2D eigenvalue weighted by Gasteiger charge is -2.21. The van der Waals surface area contributed by atoms with E-state index in [1.807, 2.05) is 13.8 Å². The Morgan fingerprint density at radius 3 is 2.18 bits per heavy atom. The molecule has 0 aliphatic heterocycles. The number of rotatable bonds is 6. The standard InChI is InChI=1S/C17H23N3O2/c1-4-20(11-12(2)3)17(22)19-15-9-7-14(8-10-15)18-16(21)13-5-6-13/h7-10,13H,2,4-6,11H2,1,3H3,(H,18,21)(H,19,22). The fourth-order valence-corrected chi connectivity index (χ4v) is 2.08. The van der Waals surface area contributed by atoms with Gasteiger partial charge in [0.15, 0.2) is 0 Å². The monoisotopic (exact) mass is 301 g/mol. The van der Waals surface area contributed by atoms with Crippen molar-refractivity contribution < 1.29 is 9.59 Å². The molecule has 0 unspecified atom stereocenters. The second kappa shape index (κ2) is 7.11. The van der Waals surface area contributed by atoms with Gasteiger partial charge >= 0.3 is 6.03 Å². The van der Waals surface area contributed by atoms with Gasteiger partial charge < -0.3 is 15.5 Å². The zero-order valence-corrected chi connectivity index (χ0v) is 13.2. The van der Waals surface area contributed by atoms with E-state index in [-0.39, 0.29) is 17.9 Å². The number of anilines is 2. The van der Waals surface area contributed by atoms with Gasteiger partial charge in [-0.15, -0.1) is 0 Å². The first kappa shape index (κ1) is 16.1. The zero-order chi connectivity index (χ0) is 16.1. The molecule has 0 atom stereocenters. The average molecular weight is 301 g/mol. The number of carbonyl (C=O) groups is 2. The highest BCUT2D eigenvalue weighted by Gasteiger charge is 2.29. The van der Waals surface area contributed by atoms with E-state index >= 15 is 0 Å². The number of carbonyl (C=O) groups excluding carboxylic acids is 2. The summed E-state index contributed by atoms with van der Waals surface area (Å²) in [7, 11) is 0. The summed E-state index contributed by atoms with van der Waals surface area (Å²) < 4.78 is 0. The fraction of sp³-hybridized carbons (Fsp3) is 0.412. The Labute approximate surface area is 131 Å². The molecular formula is C17H23N3O2. The second-order valence-corrected chi connectivity index (χ2v) is 5.74. The number of urea groups is 1. The predicted molar refractivity (Wildman–Crippen MR) is 88.9 cm³/mol. The summed E-state index contributed by atoms with van der Waals surface area (Å²) in [5.74, 6) is 0.259. The summed E-state index contributed by atoms with van der Waals surface area (Å²) in [5, 5.41) is 5.72. The SMILES string of the molecule is C=C(C)CN(CC)C(=O)Nc1ccc(NC(=O)C2CC2)cc1. The quantitative estimate of drug-likeness (QED) is 0.790. The molecule has 0 radical (unpaired) electrons. The Balaban J connectivity index is 1.90. The highest BCUT2D eigenvalue weighted by molar-refractivity contribution is 5.94. The summed E-state index contributed by atoms with van der Waals surface area (Å²) >= 11 is 0. The molecule has 2 rings (SSSR count). The van der Waals surface area contributed by atoms with Crippen molar-refractivity contribution >= 4 is 23.3 Å². The molecular weight excluding hydrogens is 278 g/mol. The number of benzene rings is 1. The lowest BCUT2D eigenvalue weighted by molar-refractivity contribution is -0.117. The summed E-state index contributed by atoms with van der Waals surface area (Å²) in [6, 6.07) is 7.01. The van der Waals surface area contributed by atoms with Crippen molar-refractivity contribution in [3.05, 3.63) is 36.4 Å². The number of likely N-dealkylation sites (N-methyl/N-ethyl adjacent to an activating group) is 1. The van der Waals surface area contributed by atoms with Gasteiger partial charge in [-0.2, -0.15) is 0 Å². The molecule has 1 aliphatic carbocycles. The maximum Gasteiger partial charge on any atom is 0.322 e. The van der Waals surface area contributed by atoms with E-state index in [1.54, 1.807) is 29.2 Å². The summed E-state index contributed by atoms with van der Waals surface area (Å²) in [6.07, 6.45) is 1.96. The third-order valence-corrected chi connectivity index (χ3v) is 3.48. The molecule has 0 spiro atoms. The van der Waals surface area contributed by atoms with Crippen LogP contribution in [0.3, 0.4) is 0 Å². The first-order valence-corrected chi connectivity index (χ1v) is 7.61. The van der Waals surface area contributed by atoms with Crippen LogP contribution in [-0.4, -0.2) is 29.9 Å². The van der Waals surface area contributed by atoms with Crippen LogP contribution in [-0.2, 0) is 4.79 Å². The van der Waals surface area contributed by atoms with Gasteiger partial charge in [0.2, 0.25) is 5.91 Å². The second-order valence-electron chi connectivity index (χ2n) is 5.74. The van der Waals surface area contributed by atoms with E-state index in [0.717, 1.165) is 24.1 Å². The van der Waals surface area contributed by atoms with Gasteiger partial charge in [0, 0.05) is 30.4 Å². The molecule has 5 heteroatoms. The third-order valence-electron chi connectivity index (χ3n) is 3.48. The molecule has 1 aromatic rings. The molecule has 0 saturated heterocycles. The normalized spacial score (nSPS) is 13.4. The largest absolute Gasteiger partial charge is 0.326 e. The minimum atomic E-state index is -0.153. The van der Waals surface area contributed by atoms with Gasteiger partial charge in [0.1, 0.15) is 0 Å². The number of hydrogen-bond donors (Lipinski definition) is 2. The molecule has 1 aromatic carbocycles. The van der Waals surface area contributed by atoms with Crippen molar-refractivity contribution in [3.8, 4) is 0 Å².